The summed E-state index contributed by atoms with van der Waals surface area (Å²) in [5.41, 5.74) is 8.77. The Kier molecular flexibility index (Phi) is 4.76. The molecule has 0 bridgehead atoms. The van der Waals surface area contributed by atoms with Gasteiger partial charge in [-0.05, 0) is 66.7 Å². The number of fused-ring (bicyclic) bond motifs is 4. The molecule has 8 aromatic rings. The van der Waals surface area contributed by atoms with Crippen LogP contribution in [0.2, 0.25) is 0 Å². The van der Waals surface area contributed by atoms with Gasteiger partial charge in [0.2, 0.25) is 5.89 Å². The first-order valence-electron chi connectivity index (χ1n) is 12.8. The minimum absolute atomic E-state index is 0.600. The van der Waals surface area contributed by atoms with Crippen molar-refractivity contribution in [1.82, 2.24) is 14.5 Å². The zero-order valence-corrected chi connectivity index (χ0v) is 20.8. The molecule has 0 amide bonds. The molecular weight excluding hydrogens is 482 g/mol. The molecule has 8 rings (SSSR count). The number of hydrogen-bond donors (Lipinski definition) is 0. The zero-order chi connectivity index (χ0) is 25.8. The predicted molar refractivity (Wildman–Crippen MR) is 155 cm³/mol. The van der Waals surface area contributed by atoms with Gasteiger partial charge in [0, 0.05) is 39.3 Å². The van der Waals surface area contributed by atoms with Crippen molar-refractivity contribution in [3.63, 3.8) is 0 Å². The average Bonchev–Trinajstić information content (AvgIpc) is 3.75. The van der Waals surface area contributed by atoms with Gasteiger partial charge in [-0.15, -0.1) is 0 Å². The second kappa shape index (κ2) is 8.57. The summed E-state index contributed by atoms with van der Waals surface area (Å²) < 4.78 is 14.3. The normalized spacial score (nSPS) is 11.6. The lowest BCUT2D eigenvalue weighted by atomic mass is 10.0. The molecule has 5 nitrogen and oxygen atoms in total. The van der Waals surface area contributed by atoms with Gasteiger partial charge in [0.05, 0.1) is 23.0 Å². The van der Waals surface area contributed by atoms with Crippen LogP contribution >= 0.6 is 0 Å². The minimum atomic E-state index is 0.600. The molecule has 0 saturated carbocycles. The van der Waals surface area contributed by atoms with Gasteiger partial charge in [0.15, 0.2) is 5.58 Å². The van der Waals surface area contributed by atoms with Crippen LogP contribution in [0, 0.1) is 0 Å². The number of nitrogens with zero attached hydrogens (tertiary/aromatic N) is 3. The molecule has 0 unspecified atom stereocenters. The van der Waals surface area contributed by atoms with Crippen LogP contribution in [0.4, 0.5) is 0 Å². The Labute approximate surface area is 223 Å². The van der Waals surface area contributed by atoms with Crippen LogP contribution in [0.15, 0.2) is 137 Å². The van der Waals surface area contributed by atoms with Gasteiger partial charge in [-0.3, -0.25) is 4.98 Å². The van der Waals surface area contributed by atoms with E-state index in [9.17, 15) is 0 Å². The summed E-state index contributed by atoms with van der Waals surface area (Å²) in [6.07, 6.45) is 3.54. The van der Waals surface area contributed by atoms with Crippen LogP contribution in [0.5, 0.6) is 0 Å². The van der Waals surface area contributed by atoms with Gasteiger partial charge in [-0.1, -0.05) is 48.5 Å². The summed E-state index contributed by atoms with van der Waals surface area (Å²) >= 11 is 0. The molecule has 4 aromatic heterocycles. The topological polar surface area (TPSA) is 57.0 Å². The Hall–Kier alpha value is -5.42. The summed E-state index contributed by atoms with van der Waals surface area (Å²) in [5, 5.41) is 2.26. The number of rotatable bonds is 4. The van der Waals surface area contributed by atoms with Crippen molar-refractivity contribution in [1.29, 1.82) is 0 Å². The second-order valence-electron chi connectivity index (χ2n) is 9.50. The number of hydrogen-bond acceptors (Lipinski definition) is 4. The van der Waals surface area contributed by atoms with E-state index in [1.807, 2.05) is 60.8 Å². The molecule has 0 aliphatic carbocycles. The maximum Gasteiger partial charge on any atom is 0.227 e. The Balaban J connectivity index is 1.43. The highest BCUT2D eigenvalue weighted by Gasteiger charge is 2.19. The van der Waals surface area contributed by atoms with E-state index < -0.39 is 0 Å². The maximum absolute atomic E-state index is 6.14. The Bertz CT molecular complexity index is 2090. The fourth-order valence-electron chi connectivity index (χ4n) is 5.45. The van der Waals surface area contributed by atoms with Crippen molar-refractivity contribution in [3.8, 4) is 39.7 Å². The van der Waals surface area contributed by atoms with Crippen LogP contribution in [-0.2, 0) is 0 Å². The van der Waals surface area contributed by atoms with E-state index in [-0.39, 0.29) is 0 Å². The highest BCUT2D eigenvalue weighted by Crippen LogP contribution is 2.40. The van der Waals surface area contributed by atoms with E-state index >= 15 is 0 Å². The van der Waals surface area contributed by atoms with Crippen LogP contribution in [0.1, 0.15) is 0 Å². The SMILES string of the molecule is c1ccc(-c2cccc(-n3c4cc(-c5nc6ccccc6o5)ccc4c4c(-c5ccco5)cccc43)c2)nc1. The van der Waals surface area contributed by atoms with Gasteiger partial charge < -0.3 is 13.4 Å². The zero-order valence-electron chi connectivity index (χ0n) is 20.8. The van der Waals surface area contributed by atoms with E-state index in [0.717, 1.165) is 66.7 Å². The van der Waals surface area contributed by atoms with Gasteiger partial charge >= 0.3 is 0 Å². The summed E-state index contributed by atoms with van der Waals surface area (Å²) in [6, 6.07) is 39.0. The minimum Gasteiger partial charge on any atom is -0.464 e. The molecule has 0 fully saturated rings. The first-order chi connectivity index (χ1) is 19.3. The van der Waals surface area contributed by atoms with E-state index in [1.165, 1.54) is 0 Å². The van der Waals surface area contributed by atoms with Crippen molar-refractivity contribution < 1.29 is 8.83 Å². The smallest absolute Gasteiger partial charge is 0.227 e. The molecule has 0 spiro atoms. The molecule has 0 saturated heterocycles. The van der Waals surface area contributed by atoms with E-state index in [4.69, 9.17) is 13.8 Å². The maximum atomic E-state index is 6.14. The van der Waals surface area contributed by atoms with Crippen molar-refractivity contribution in [2.45, 2.75) is 0 Å². The van der Waals surface area contributed by atoms with Gasteiger partial charge in [-0.2, -0.15) is 0 Å². The van der Waals surface area contributed by atoms with Crippen molar-refractivity contribution in [2.75, 3.05) is 0 Å². The van der Waals surface area contributed by atoms with Crippen LogP contribution in [0.25, 0.3) is 72.6 Å². The third-order valence-electron chi connectivity index (χ3n) is 7.18. The highest BCUT2D eigenvalue weighted by molar-refractivity contribution is 6.16. The monoisotopic (exact) mass is 503 g/mol. The summed E-state index contributed by atoms with van der Waals surface area (Å²) in [4.78, 5) is 9.34. The van der Waals surface area contributed by atoms with E-state index in [1.54, 1.807) is 6.26 Å². The molecule has 0 N–H and O–H groups in total. The molecule has 184 valence electrons. The number of para-hydroxylation sites is 2. The Morgan fingerprint density at radius 3 is 2.46 bits per heavy atom. The first kappa shape index (κ1) is 21.6. The third kappa shape index (κ3) is 3.48. The van der Waals surface area contributed by atoms with Crippen LogP contribution in [-0.4, -0.2) is 14.5 Å². The van der Waals surface area contributed by atoms with Gasteiger partial charge in [-0.25, -0.2) is 4.98 Å². The van der Waals surface area contributed by atoms with Crippen LogP contribution in [0.3, 0.4) is 0 Å². The lowest BCUT2D eigenvalue weighted by molar-refractivity contribution is 0.583. The fraction of sp³-hybridized carbons (Fsp3) is 0. The number of benzene rings is 4. The summed E-state index contributed by atoms with van der Waals surface area (Å²) in [7, 11) is 0. The van der Waals surface area contributed by atoms with Crippen LogP contribution < -0.4 is 0 Å². The largest absolute Gasteiger partial charge is 0.464 e. The standard InChI is InChI=1S/C34H21N3O2/c1-2-14-32-28(12-1)36-34(39-32)23-16-17-25-30(21-23)37(24-9-5-8-22(20-24)27-11-3-4-18-35-27)29-13-6-10-26(33(25)29)31-15-7-19-38-31/h1-21H. The fourth-order valence-corrected chi connectivity index (χ4v) is 5.45. The molecular formula is C34H21N3O2. The van der Waals surface area contributed by atoms with Crippen molar-refractivity contribution in [3.05, 3.63) is 128 Å². The molecule has 5 heteroatoms. The summed E-state index contributed by atoms with van der Waals surface area (Å²) in [6.45, 7) is 0. The third-order valence-corrected chi connectivity index (χ3v) is 7.18. The molecule has 0 aliphatic rings. The molecule has 0 atom stereocenters. The molecule has 0 aliphatic heterocycles. The van der Waals surface area contributed by atoms with Gasteiger partial charge in [0.1, 0.15) is 11.3 Å². The average molecular weight is 504 g/mol. The number of pyridine rings is 1. The second-order valence-corrected chi connectivity index (χ2v) is 9.50. The van der Waals surface area contributed by atoms with E-state index in [0.29, 0.717) is 5.89 Å². The molecule has 0 radical (unpaired) electrons. The van der Waals surface area contributed by atoms with E-state index in [2.05, 4.69) is 70.2 Å². The molecule has 4 aromatic carbocycles. The van der Waals surface area contributed by atoms with Crippen molar-refractivity contribution in [2.24, 2.45) is 0 Å². The first-order valence-corrected chi connectivity index (χ1v) is 12.8. The Morgan fingerprint density at radius 1 is 0.667 bits per heavy atom. The number of oxazole rings is 1. The Morgan fingerprint density at radius 2 is 1.59 bits per heavy atom. The summed E-state index contributed by atoms with van der Waals surface area (Å²) in [5.74, 6) is 1.44. The number of furan rings is 1. The van der Waals surface area contributed by atoms with Crippen molar-refractivity contribution >= 4 is 32.9 Å². The number of aromatic nitrogens is 3. The quantitative estimate of drug-likeness (QED) is 0.241. The predicted octanol–water partition coefficient (Wildman–Crippen LogP) is 8.91. The molecule has 4 heterocycles. The lowest BCUT2D eigenvalue weighted by Gasteiger charge is -2.10. The lowest BCUT2D eigenvalue weighted by Crippen LogP contribution is -1.95. The molecule has 39 heavy (non-hydrogen) atoms. The van der Waals surface area contributed by atoms with Gasteiger partial charge in [0.25, 0.3) is 0 Å². The highest BCUT2D eigenvalue weighted by atomic mass is 16.3.